The van der Waals surface area contributed by atoms with Crippen LogP contribution in [-0.2, 0) is 13.5 Å². The maximum absolute atomic E-state index is 4.05. The lowest BCUT2D eigenvalue weighted by Gasteiger charge is -2.30. The predicted octanol–water partition coefficient (Wildman–Crippen LogP) is 2.26. The average Bonchev–Trinajstić information content (AvgIpc) is 3.00. The fourth-order valence-electron chi connectivity index (χ4n) is 3.00. The van der Waals surface area contributed by atoms with Crippen LogP contribution in [0.2, 0.25) is 0 Å². The van der Waals surface area contributed by atoms with Gasteiger partial charge in [-0.05, 0) is 43.3 Å². The van der Waals surface area contributed by atoms with Crippen molar-refractivity contribution in [2.45, 2.75) is 31.2 Å². The summed E-state index contributed by atoms with van der Waals surface area (Å²) in [5.41, 5.74) is 2.69. The summed E-state index contributed by atoms with van der Waals surface area (Å²) in [4.78, 5) is 1.56. The molecule has 2 aromatic heterocycles. The smallest absolute Gasteiger partial charge is 0.0759 e. The van der Waals surface area contributed by atoms with Crippen LogP contribution < -0.4 is 5.32 Å². The fraction of sp³-hybridized carbons (Fsp3) is 0.538. The molecule has 96 valence electrons. The summed E-state index contributed by atoms with van der Waals surface area (Å²) >= 11 is 1.89. The highest BCUT2D eigenvalue weighted by Crippen LogP contribution is 2.41. The standard InChI is InChI=1S/C13H18N4S/c1-14-13(11-8-15-16-17(11)2)10-4-3-5-12-9(10)6-7-18-12/h6-8,10,13-14H,3-5H2,1-2H3. The molecule has 0 saturated heterocycles. The minimum absolute atomic E-state index is 0.304. The van der Waals surface area contributed by atoms with Crippen LogP contribution >= 0.6 is 11.3 Å². The molecule has 2 unspecified atom stereocenters. The third-order valence-electron chi connectivity index (χ3n) is 3.88. The van der Waals surface area contributed by atoms with Crippen LogP contribution in [0.4, 0.5) is 0 Å². The predicted molar refractivity (Wildman–Crippen MR) is 72.8 cm³/mol. The van der Waals surface area contributed by atoms with Crippen molar-refractivity contribution in [3.63, 3.8) is 0 Å². The molecule has 0 aromatic carbocycles. The van der Waals surface area contributed by atoms with E-state index in [0.717, 1.165) is 0 Å². The Morgan fingerprint density at radius 3 is 3.17 bits per heavy atom. The van der Waals surface area contributed by atoms with Crippen molar-refractivity contribution in [2.75, 3.05) is 7.05 Å². The maximum Gasteiger partial charge on any atom is 0.0759 e. The highest BCUT2D eigenvalue weighted by Gasteiger charge is 2.30. The molecular weight excluding hydrogens is 244 g/mol. The number of likely N-dealkylation sites (N-methyl/N-ethyl adjacent to an activating group) is 1. The molecule has 5 heteroatoms. The van der Waals surface area contributed by atoms with Crippen LogP contribution in [0, 0.1) is 0 Å². The van der Waals surface area contributed by atoms with E-state index in [0.29, 0.717) is 12.0 Å². The normalized spacial score (nSPS) is 20.7. The molecule has 2 aromatic rings. The van der Waals surface area contributed by atoms with Crippen molar-refractivity contribution >= 4 is 11.3 Å². The second-order valence-corrected chi connectivity index (χ2v) is 5.85. The zero-order valence-corrected chi connectivity index (χ0v) is 11.6. The molecule has 0 spiro atoms. The summed E-state index contributed by atoms with van der Waals surface area (Å²) in [6.45, 7) is 0. The lowest BCUT2D eigenvalue weighted by Crippen LogP contribution is -2.27. The van der Waals surface area contributed by atoms with Crippen molar-refractivity contribution in [3.8, 4) is 0 Å². The van der Waals surface area contributed by atoms with Crippen molar-refractivity contribution in [2.24, 2.45) is 7.05 Å². The van der Waals surface area contributed by atoms with Crippen LogP contribution in [0.1, 0.15) is 40.9 Å². The van der Waals surface area contributed by atoms with Crippen LogP contribution in [0.5, 0.6) is 0 Å². The number of hydrogen-bond donors (Lipinski definition) is 1. The van der Waals surface area contributed by atoms with Gasteiger partial charge in [-0.1, -0.05) is 5.21 Å². The molecule has 3 rings (SSSR count). The fourth-order valence-corrected chi connectivity index (χ4v) is 4.00. The Morgan fingerprint density at radius 2 is 2.44 bits per heavy atom. The first-order valence-electron chi connectivity index (χ1n) is 6.39. The summed E-state index contributed by atoms with van der Waals surface area (Å²) in [5.74, 6) is 0.544. The van der Waals surface area contributed by atoms with Gasteiger partial charge < -0.3 is 5.32 Å². The molecule has 2 atom stereocenters. The molecule has 1 aliphatic carbocycles. The van der Waals surface area contributed by atoms with Crippen molar-refractivity contribution in [3.05, 3.63) is 33.8 Å². The maximum atomic E-state index is 4.05. The van der Waals surface area contributed by atoms with E-state index in [1.165, 1.54) is 30.5 Å². The Hall–Kier alpha value is -1.20. The van der Waals surface area contributed by atoms with E-state index in [4.69, 9.17) is 0 Å². The van der Waals surface area contributed by atoms with E-state index in [1.807, 2.05) is 36.3 Å². The number of thiophene rings is 1. The lowest BCUT2D eigenvalue weighted by molar-refractivity contribution is 0.407. The van der Waals surface area contributed by atoms with Gasteiger partial charge in [0, 0.05) is 17.8 Å². The first-order chi connectivity index (χ1) is 8.81. The highest BCUT2D eigenvalue weighted by atomic mass is 32.1. The largest absolute Gasteiger partial charge is 0.311 e. The summed E-state index contributed by atoms with van der Waals surface area (Å²) in [5, 5.41) is 13.7. The first kappa shape index (κ1) is 11.9. The molecule has 2 heterocycles. The van der Waals surface area contributed by atoms with E-state index in [-0.39, 0.29) is 0 Å². The zero-order valence-electron chi connectivity index (χ0n) is 10.8. The van der Waals surface area contributed by atoms with Crippen LogP contribution in [-0.4, -0.2) is 22.0 Å². The average molecular weight is 262 g/mol. The quantitative estimate of drug-likeness (QED) is 0.922. The molecule has 1 N–H and O–H groups in total. The SMILES string of the molecule is CNC(c1cnnn1C)C1CCCc2sccc21. The van der Waals surface area contributed by atoms with E-state index < -0.39 is 0 Å². The number of fused-ring (bicyclic) bond motifs is 1. The van der Waals surface area contributed by atoms with Crippen LogP contribution in [0.25, 0.3) is 0 Å². The Balaban J connectivity index is 1.97. The number of hydrogen-bond acceptors (Lipinski definition) is 4. The lowest BCUT2D eigenvalue weighted by atomic mass is 9.81. The second kappa shape index (κ2) is 4.82. The molecular formula is C13H18N4S. The third-order valence-corrected chi connectivity index (χ3v) is 4.88. The summed E-state index contributed by atoms with van der Waals surface area (Å²) in [7, 11) is 3.99. The summed E-state index contributed by atoms with van der Waals surface area (Å²) in [6.07, 6.45) is 5.63. The van der Waals surface area contributed by atoms with Crippen LogP contribution in [0.3, 0.4) is 0 Å². The van der Waals surface area contributed by atoms with Crippen molar-refractivity contribution < 1.29 is 0 Å². The molecule has 0 saturated carbocycles. The molecule has 1 aliphatic rings. The van der Waals surface area contributed by atoms with E-state index in [1.54, 1.807) is 4.88 Å². The molecule has 0 bridgehead atoms. The van der Waals surface area contributed by atoms with Crippen LogP contribution in [0.15, 0.2) is 17.6 Å². The van der Waals surface area contributed by atoms with Gasteiger partial charge in [0.2, 0.25) is 0 Å². The van der Waals surface area contributed by atoms with Gasteiger partial charge in [0.15, 0.2) is 0 Å². The van der Waals surface area contributed by atoms with E-state index in [2.05, 4.69) is 27.1 Å². The number of aromatic nitrogens is 3. The van der Waals surface area contributed by atoms with E-state index in [9.17, 15) is 0 Å². The molecule has 0 radical (unpaired) electrons. The molecule has 0 amide bonds. The van der Waals surface area contributed by atoms with Gasteiger partial charge >= 0.3 is 0 Å². The van der Waals surface area contributed by atoms with Gasteiger partial charge in [-0.25, -0.2) is 0 Å². The van der Waals surface area contributed by atoms with Gasteiger partial charge in [0.25, 0.3) is 0 Å². The van der Waals surface area contributed by atoms with Gasteiger partial charge in [0.1, 0.15) is 0 Å². The monoisotopic (exact) mass is 262 g/mol. The van der Waals surface area contributed by atoms with Gasteiger partial charge in [-0.15, -0.1) is 16.4 Å². The number of nitrogens with one attached hydrogen (secondary N) is 1. The zero-order chi connectivity index (χ0) is 12.5. The van der Waals surface area contributed by atoms with Crippen molar-refractivity contribution in [1.82, 2.24) is 20.3 Å². The number of nitrogens with zero attached hydrogens (tertiary/aromatic N) is 3. The third kappa shape index (κ3) is 1.87. The number of aryl methyl sites for hydroxylation is 2. The topological polar surface area (TPSA) is 42.7 Å². The molecule has 4 nitrogen and oxygen atoms in total. The molecule has 18 heavy (non-hydrogen) atoms. The first-order valence-corrected chi connectivity index (χ1v) is 7.27. The minimum atomic E-state index is 0.304. The minimum Gasteiger partial charge on any atom is -0.311 e. The van der Waals surface area contributed by atoms with Gasteiger partial charge in [-0.3, -0.25) is 4.68 Å². The Bertz CT molecular complexity index is 531. The summed E-state index contributed by atoms with van der Waals surface area (Å²) < 4.78 is 1.88. The van der Waals surface area contributed by atoms with Gasteiger partial charge in [-0.2, -0.15) is 0 Å². The number of rotatable bonds is 3. The second-order valence-electron chi connectivity index (χ2n) is 4.85. The molecule has 0 fully saturated rings. The van der Waals surface area contributed by atoms with Gasteiger partial charge in [0.05, 0.1) is 17.9 Å². The Labute approximate surface area is 111 Å². The Kier molecular flexibility index (Phi) is 3.18. The Morgan fingerprint density at radius 1 is 1.56 bits per heavy atom. The van der Waals surface area contributed by atoms with E-state index >= 15 is 0 Å². The molecule has 0 aliphatic heterocycles. The van der Waals surface area contributed by atoms with Crippen molar-refractivity contribution in [1.29, 1.82) is 0 Å². The highest BCUT2D eigenvalue weighted by molar-refractivity contribution is 7.10. The summed E-state index contributed by atoms with van der Waals surface area (Å²) in [6, 6.07) is 2.59.